The van der Waals surface area contributed by atoms with Gasteiger partial charge in [-0.25, -0.2) is 0 Å². The summed E-state index contributed by atoms with van der Waals surface area (Å²) >= 11 is 1.32. The van der Waals surface area contributed by atoms with E-state index < -0.39 is 17.1 Å². The Morgan fingerprint density at radius 2 is 1.70 bits per heavy atom. The van der Waals surface area contributed by atoms with Gasteiger partial charge in [0.25, 0.3) is 11.8 Å². The molecule has 3 amide bonds. The molecule has 1 unspecified atom stereocenters. The molecule has 3 N–H and O–H groups in total. The van der Waals surface area contributed by atoms with Gasteiger partial charge in [-0.3, -0.25) is 14.4 Å². The Morgan fingerprint density at radius 1 is 0.950 bits per heavy atom. The maximum absolute atomic E-state index is 13.4. The third kappa shape index (κ3) is 7.61. The van der Waals surface area contributed by atoms with E-state index in [1.807, 2.05) is 18.2 Å². The monoisotopic (exact) mass is 556 g/mol. The van der Waals surface area contributed by atoms with E-state index in [1.54, 1.807) is 86.7 Å². The van der Waals surface area contributed by atoms with Crippen molar-refractivity contribution in [1.29, 1.82) is 0 Å². The lowest BCUT2D eigenvalue weighted by molar-refractivity contribution is -0.115. The third-order valence-corrected chi connectivity index (χ3v) is 6.71. The highest BCUT2D eigenvalue weighted by Gasteiger charge is 2.18. The molecule has 3 aromatic carbocycles. The zero-order chi connectivity index (χ0) is 28.5. The van der Waals surface area contributed by atoms with Crippen LogP contribution in [0.1, 0.15) is 28.6 Å². The van der Waals surface area contributed by atoms with Crippen molar-refractivity contribution in [2.45, 2.75) is 24.0 Å². The minimum absolute atomic E-state index is 0.0343. The Hall–Kier alpha value is -4.83. The van der Waals surface area contributed by atoms with Crippen LogP contribution in [0, 0.1) is 6.92 Å². The van der Waals surface area contributed by atoms with Gasteiger partial charge in [0, 0.05) is 27.8 Å². The van der Waals surface area contributed by atoms with E-state index in [-0.39, 0.29) is 11.6 Å². The average Bonchev–Trinajstić information content (AvgIpc) is 3.37. The maximum Gasteiger partial charge on any atom is 0.272 e. The number of thioether (sulfide) groups is 1. The molecule has 0 saturated carbocycles. The SMILES string of the molecule is COc1ccccc1/C=C(/NC(=O)c1ccccc1)C(=O)Nc1cccc(SC(C)C(=O)Nc2cc(C)on2)c1. The van der Waals surface area contributed by atoms with Crippen LogP contribution >= 0.6 is 11.8 Å². The van der Waals surface area contributed by atoms with Crippen LogP contribution in [-0.2, 0) is 9.59 Å². The second-order valence-corrected chi connectivity index (χ2v) is 10.1. The molecule has 0 spiro atoms. The molecule has 4 rings (SSSR count). The van der Waals surface area contributed by atoms with Crippen LogP contribution in [0.3, 0.4) is 0 Å². The zero-order valence-electron chi connectivity index (χ0n) is 22.1. The molecule has 1 atom stereocenters. The van der Waals surface area contributed by atoms with Gasteiger partial charge in [-0.15, -0.1) is 11.8 Å². The van der Waals surface area contributed by atoms with Gasteiger partial charge in [0.05, 0.1) is 12.4 Å². The first-order chi connectivity index (χ1) is 19.3. The van der Waals surface area contributed by atoms with Gasteiger partial charge in [-0.2, -0.15) is 0 Å². The smallest absolute Gasteiger partial charge is 0.272 e. The van der Waals surface area contributed by atoms with E-state index in [0.29, 0.717) is 34.1 Å². The van der Waals surface area contributed by atoms with E-state index in [1.165, 1.54) is 18.9 Å². The van der Waals surface area contributed by atoms with E-state index in [0.717, 1.165) is 4.90 Å². The number of ether oxygens (including phenoxy) is 1. The minimum Gasteiger partial charge on any atom is -0.496 e. The Bertz CT molecular complexity index is 1530. The van der Waals surface area contributed by atoms with Gasteiger partial charge in [-0.05, 0) is 56.3 Å². The van der Waals surface area contributed by atoms with Gasteiger partial charge < -0.3 is 25.2 Å². The predicted molar refractivity (Wildman–Crippen MR) is 155 cm³/mol. The summed E-state index contributed by atoms with van der Waals surface area (Å²) in [5, 5.41) is 11.6. The zero-order valence-corrected chi connectivity index (χ0v) is 23.0. The van der Waals surface area contributed by atoms with Gasteiger partial charge in [0.15, 0.2) is 5.82 Å². The second-order valence-electron chi connectivity index (χ2n) is 8.67. The van der Waals surface area contributed by atoms with Crippen molar-refractivity contribution in [3.8, 4) is 5.75 Å². The van der Waals surface area contributed by atoms with Gasteiger partial charge in [0.1, 0.15) is 17.2 Å². The standard InChI is InChI=1S/C30H28N4O5S/c1-19-16-27(34-39-19)33-28(35)20(2)40-24-14-9-13-23(18-24)31-30(37)25(17-22-12-7-8-15-26(22)38-3)32-29(36)21-10-5-4-6-11-21/h4-18,20H,1-3H3,(H,31,37)(H,32,36)(H,33,34,35)/b25-17+. The summed E-state index contributed by atoms with van der Waals surface area (Å²) in [5.74, 6) is 0.306. The molecule has 0 aliphatic heterocycles. The van der Waals surface area contributed by atoms with Crippen molar-refractivity contribution in [3.05, 3.63) is 108 Å². The number of aryl methyl sites for hydroxylation is 1. The average molecular weight is 557 g/mol. The fraction of sp³-hybridized carbons (Fsp3) is 0.133. The van der Waals surface area contributed by atoms with Gasteiger partial charge in [-0.1, -0.05) is 47.6 Å². The Morgan fingerprint density at radius 3 is 2.42 bits per heavy atom. The van der Waals surface area contributed by atoms with Crippen LogP contribution in [0.15, 0.2) is 100 Å². The third-order valence-electron chi connectivity index (χ3n) is 5.62. The molecule has 0 saturated heterocycles. The maximum atomic E-state index is 13.4. The molecule has 1 heterocycles. The minimum atomic E-state index is -0.524. The molecule has 0 bridgehead atoms. The van der Waals surface area contributed by atoms with E-state index in [4.69, 9.17) is 9.26 Å². The summed E-state index contributed by atoms with van der Waals surface area (Å²) in [6, 6.07) is 24.5. The number of methoxy groups -OCH3 is 1. The number of benzene rings is 3. The fourth-order valence-corrected chi connectivity index (χ4v) is 4.57. The summed E-state index contributed by atoms with van der Waals surface area (Å²) in [7, 11) is 1.53. The van der Waals surface area contributed by atoms with Crippen LogP contribution in [-0.4, -0.2) is 35.2 Å². The number of hydrogen-bond acceptors (Lipinski definition) is 7. The molecule has 0 radical (unpaired) electrons. The van der Waals surface area contributed by atoms with Crippen LogP contribution in [0.25, 0.3) is 6.08 Å². The van der Waals surface area contributed by atoms with Crippen LogP contribution in [0.4, 0.5) is 11.5 Å². The number of carbonyl (C=O) groups is 3. The van der Waals surface area contributed by atoms with Crippen molar-refractivity contribution < 1.29 is 23.6 Å². The second kappa shape index (κ2) is 13.3. The summed E-state index contributed by atoms with van der Waals surface area (Å²) in [4.78, 5) is 39.7. The highest BCUT2D eigenvalue weighted by Crippen LogP contribution is 2.27. The number of nitrogens with zero attached hydrogens (tertiary/aromatic N) is 1. The summed E-state index contributed by atoms with van der Waals surface area (Å²) in [6.07, 6.45) is 1.56. The number of aromatic nitrogens is 1. The van der Waals surface area contributed by atoms with Gasteiger partial charge >= 0.3 is 0 Å². The molecular weight excluding hydrogens is 528 g/mol. The molecule has 204 valence electrons. The van der Waals surface area contributed by atoms with Crippen LogP contribution < -0.4 is 20.7 Å². The van der Waals surface area contributed by atoms with E-state index in [2.05, 4.69) is 21.1 Å². The predicted octanol–water partition coefficient (Wildman–Crippen LogP) is 5.52. The highest BCUT2D eigenvalue weighted by atomic mass is 32.2. The quantitative estimate of drug-likeness (QED) is 0.174. The van der Waals surface area contributed by atoms with Gasteiger partial charge in [0.2, 0.25) is 5.91 Å². The number of para-hydroxylation sites is 1. The lowest BCUT2D eigenvalue weighted by Gasteiger charge is -2.14. The number of nitrogens with one attached hydrogen (secondary N) is 3. The normalized spacial score (nSPS) is 11.8. The van der Waals surface area contributed by atoms with Crippen molar-refractivity contribution in [2.24, 2.45) is 0 Å². The molecule has 10 heteroatoms. The summed E-state index contributed by atoms with van der Waals surface area (Å²) < 4.78 is 10.4. The van der Waals surface area contributed by atoms with Crippen molar-refractivity contribution >= 4 is 47.1 Å². The van der Waals surface area contributed by atoms with E-state index in [9.17, 15) is 14.4 Å². The molecule has 0 aliphatic rings. The summed E-state index contributed by atoms with van der Waals surface area (Å²) in [5.41, 5.74) is 1.56. The Balaban J connectivity index is 1.51. The largest absolute Gasteiger partial charge is 0.496 e. The van der Waals surface area contributed by atoms with Crippen LogP contribution in [0.5, 0.6) is 5.75 Å². The molecule has 9 nitrogen and oxygen atoms in total. The molecule has 0 fully saturated rings. The first-order valence-corrected chi connectivity index (χ1v) is 13.2. The number of anilines is 2. The lowest BCUT2D eigenvalue weighted by atomic mass is 10.1. The lowest BCUT2D eigenvalue weighted by Crippen LogP contribution is -2.30. The molecule has 0 aliphatic carbocycles. The molecule has 1 aromatic heterocycles. The molecule has 4 aromatic rings. The first kappa shape index (κ1) is 28.2. The number of hydrogen-bond donors (Lipinski definition) is 3. The fourth-order valence-electron chi connectivity index (χ4n) is 3.64. The van der Waals surface area contributed by atoms with Crippen LogP contribution in [0.2, 0.25) is 0 Å². The molecular formula is C30H28N4O5S. The number of amides is 3. The highest BCUT2D eigenvalue weighted by molar-refractivity contribution is 8.00. The summed E-state index contributed by atoms with van der Waals surface area (Å²) in [6.45, 7) is 3.51. The number of rotatable bonds is 10. The Kier molecular flexibility index (Phi) is 9.37. The van der Waals surface area contributed by atoms with Crippen molar-refractivity contribution in [2.75, 3.05) is 17.7 Å². The topological polar surface area (TPSA) is 123 Å². The first-order valence-electron chi connectivity index (χ1n) is 12.4. The Labute approximate surface area is 236 Å². The van der Waals surface area contributed by atoms with Crippen molar-refractivity contribution in [1.82, 2.24) is 10.5 Å². The number of carbonyl (C=O) groups excluding carboxylic acids is 3. The van der Waals surface area contributed by atoms with Crippen molar-refractivity contribution in [3.63, 3.8) is 0 Å². The molecule has 40 heavy (non-hydrogen) atoms. The van der Waals surface area contributed by atoms with E-state index >= 15 is 0 Å².